The number of rotatable bonds is 8. The summed E-state index contributed by atoms with van der Waals surface area (Å²) in [5.41, 5.74) is 1.97. The highest BCUT2D eigenvalue weighted by Crippen LogP contribution is 2.25. The molecule has 7 heteroatoms. The Morgan fingerprint density at radius 1 is 0.833 bits per heavy atom. The molecule has 0 aromatic heterocycles. The third kappa shape index (κ3) is 6.84. The van der Waals surface area contributed by atoms with Crippen LogP contribution in [0.25, 0.3) is 6.08 Å². The first-order chi connectivity index (χ1) is 17.5. The molecule has 4 aromatic rings. The minimum atomic E-state index is -0.610. The van der Waals surface area contributed by atoms with Gasteiger partial charge in [-0.25, -0.2) is 4.39 Å². The Balaban J connectivity index is 1.51. The molecule has 4 rings (SSSR count). The van der Waals surface area contributed by atoms with Crippen LogP contribution in [0.2, 0.25) is 5.02 Å². The predicted molar refractivity (Wildman–Crippen MR) is 144 cm³/mol. The normalized spacial score (nSPS) is 11.1. The second-order valence-corrected chi connectivity index (χ2v) is 9.22. The van der Waals surface area contributed by atoms with Crippen molar-refractivity contribution in [3.63, 3.8) is 0 Å². The van der Waals surface area contributed by atoms with E-state index in [1.165, 1.54) is 29.8 Å². The Morgan fingerprint density at radius 2 is 1.50 bits per heavy atom. The number of thioether (sulfide) groups is 1. The van der Waals surface area contributed by atoms with E-state index in [0.717, 1.165) is 10.6 Å². The van der Waals surface area contributed by atoms with Gasteiger partial charge in [-0.15, -0.1) is 11.8 Å². The van der Waals surface area contributed by atoms with Crippen LogP contribution >= 0.6 is 23.4 Å². The molecule has 4 aromatic carbocycles. The molecule has 0 bridgehead atoms. The fraction of sp³-hybridized carbons (Fsp3) is 0.0345. The fourth-order valence-corrected chi connectivity index (χ4v) is 4.38. The lowest BCUT2D eigenvalue weighted by atomic mass is 10.1. The maximum atomic E-state index is 14.4. The molecule has 36 heavy (non-hydrogen) atoms. The number of hydrogen-bond donors (Lipinski definition) is 2. The first kappa shape index (κ1) is 25.2. The highest BCUT2D eigenvalue weighted by Gasteiger charge is 2.17. The molecule has 2 amide bonds. The standard InChI is InChI=1S/C29H22ClFN2O2S/c30-25-12-7-13-26(31)24(25)18-27(33-28(34)21-10-5-2-6-11-21)29(35)32-22-14-16-23(17-15-22)36-19-20-8-3-1-4-9-20/h1-18H,19H2,(H,32,35)(H,33,34)/b27-18-. The van der Waals surface area contributed by atoms with Crippen LogP contribution in [0, 0.1) is 5.82 Å². The van der Waals surface area contributed by atoms with Crippen molar-refractivity contribution in [2.75, 3.05) is 5.32 Å². The maximum absolute atomic E-state index is 14.4. The lowest BCUT2D eigenvalue weighted by molar-refractivity contribution is -0.113. The van der Waals surface area contributed by atoms with Gasteiger partial charge in [0.25, 0.3) is 11.8 Å². The van der Waals surface area contributed by atoms with Crippen molar-refractivity contribution in [2.45, 2.75) is 10.6 Å². The Labute approximate surface area is 218 Å². The highest BCUT2D eigenvalue weighted by molar-refractivity contribution is 7.98. The minimum Gasteiger partial charge on any atom is -0.321 e. The van der Waals surface area contributed by atoms with Crippen molar-refractivity contribution in [1.29, 1.82) is 0 Å². The van der Waals surface area contributed by atoms with Gasteiger partial charge in [-0.05, 0) is 60.2 Å². The van der Waals surface area contributed by atoms with Gasteiger partial charge in [-0.1, -0.05) is 66.2 Å². The van der Waals surface area contributed by atoms with Crippen LogP contribution < -0.4 is 10.6 Å². The zero-order chi connectivity index (χ0) is 25.3. The van der Waals surface area contributed by atoms with Crippen LogP contribution in [0.15, 0.2) is 114 Å². The number of amides is 2. The van der Waals surface area contributed by atoms with Crippen molar-refractivity contribution in [2.24, 2.45) is 0 Å². The van der Waals surface area contributed by atoms with Gasteiger partial charge in [0.05, 0.1) is 5.02 Å². The summed E-state index contributed by atoms with van der Waals surface area (Å²) in [7, 11) is 0. The van der Waals surface area contributed by atoms with Gasteiger partial charge in [-0.3, -0.25) is 9.59 Å². The summed E-state index contributed by atoms with van der Waals surface area (Å²) in [6, 6.07) is 30.1. The molecular weight excluding hydrogens is 495 g/mol. The zero-order valence-corrected chi connectivity index (χ0v) is 20.7. The highest BCUT2D eigenvalue weighted by atomic mass is 35.5. The van der Waals surface area contributed by atoms with E-state index in [2.05, 4.69) is 22.8 Å². The van der Waals surface area contributed by atoms with Crippen LogP contribution in [0.3, 0.4) is 0 Å². The molecule has 0 radical (unpaired) electrons. The van der Waals surface area contributed by atoms with E-state index >= 15 is 0 Å². The molecular formula is C29H22ClFN2O2S. The second-order valence-electron chi connectivity index (χ2n) is 7.77. The van der Waals surface area contributed by atoms with Crippen molar-refractivity contribution in [3.8, 4) is 0 Å². The number of benzene rings is 4. The summed E-state index contributed by atoms with van der Waals surface area (Å²) < 4.78 is 14.4. The van der Waals surface area contributed by atoms with Gasteiger partial charge in [0.2, 0.25) is 0 Å². The third-order valence-corrected chi connectivity index (χ3v) is 6.59. The zero-order valence-electron chi connectivity index (χ0n) is 19.1. The molecule has 0 atom stereocenters. The molecule has 0 aliphatic rings. The van der Waals surface area contributed by atoms with Gasteiger partial charge in [0.1, 0.15) is 11.5 Å². The number of carbonyl (C=O) groups is 2. The van der Waals surface area contributed by atoms with E-state index in [1.54, 1.807) is 54.2 Å². The molecule has 0 unspecified atom stereocenters. The number of nitrogens with one attached hydrogen (secondary N) is 2. The summed E-state index contributed by atoms with van der Waals surface area (Å²) in [6.45, 7) is 0. The molecule has 0 spiro atoms. The molecule has 0 aliphatic heterocycles. The molecule has 0 saturated heterocycles. The smallest absolute Gasteiger partial charge is 0.272 e. The van der Waals surface area contributed by atoms with Crippen molar-refractivity contribution >= 4 is 46.9 Å². The molecule has 0 heterocycles. The molecule has 180 valence electrons. The number of hydrogen-bond acceptors (Lipinski definition) is 3. The Kier molecular flexibility index (Phi) is 8.55. The van der Waals surface area contributed by atoms with E-state index in [9.17, 15) is 14.0 Å². The molecule has 0 saturated carbocycles. The van der Waals surface area contributed by atoms with Gasteiger partial charge in [0, 0.05) is 27.5 Å². The van der Waals surface area contributed by atoms with E-state index in [0.29, 0.717) is 11.3 Å². The lowest BCUT2D eigenvalue weighted by Crippen LogP contribution is -2.30. The summed E-state index contributed by atoms with van der Waals surface area (Å²) in [5.74, 6) is -0.893. The number of carbonyl (C=O) groups excluding carboxylic acids is 2. The molecule has 2 N–H and O–H groups in total. The summed E-state index contributed by atoms with van der Waals surface area (Å²) >= 11 is 7.83. The Morgan fingerprint density at radius 3 is 2.17 bits per heavy atom. The number of halogens is 2. The summed E-state index contributed by atoms with van der Waals surface area (Å²) in [4.78, 5) is 26.9. The SMILES string of the molecule is O=C(Nc1ccc(SCc2ccccc2)cc1)/C(=C/c1c(F)cccc1Cl)NC(=O)c1ccccc1. The summed E-state index contributed by atoms with van der Waals surface area (Å²) in [5, 5.41) is 5.47. The monoisotopic (exact) mass is 516 g/mol. The lowest BCUT2D eigenvalue weighted by Gasteiger charge is -2.12. The van der Waals surface area contributed by atoms with Crippen LogP contribution in [0.5, 0.6) is 0 Å². The first-order valence-electron chi connectivity index (χ1n) is 11.1. The number of anilines is 1. The average molecular weight is 517 g/mol. The van der Waals surface area contributed by atoms with Crippen molar-refractivity contribution in [1.82, 2.24) is 5.32 Å². The van der Waals surface area contributed by atoms with Crippen LogP contribution in [0.1, 0.15) is 21.5 Å². The quantitative estimate of drug-likeness (QED) is 0.192. The van der Waals surface area contributed by atoms with Crippen LogP contribution in [-0.4, -0.2) is 11.8 Å². The largest absolute Gasteiger partial charge is 0.321 e. The van der Waals surface area contributed by atoms with Crippen molar-refractivity contribution in [3.05, 3.63) is 136 Å². The van der Waals surface area contributed by atoms with E-state index in [4.69, 9.17) is 11.6 Å². The maximum Gasteiger partial charge on any atom is 0.272 e. The van der Waals surface area contributed by atoms with Gasteiger partial charge in [0.15, 0.2) is 0 Å². The second kappa shape index (κ2) is 12.2. The van der Waals surface area contributed by atoms with Gasteiger partial charge >= 0.3 is 0 Å². The predicted octanol–water partition coefficient (Wildman–Crippen LogP) is 7.18. The fourth-order valence-electron chi connectivity index (χ4n) is 3.31. The van der Waals surface area contributed by atoms with Crippen LogP contribution in [0.4, 0.5) is 10.1 Å². The van der Waals surface area contributed by atoms with Crippen LogP contribution in [-0.2, 0) is 10.5 Å². The van der Waals surface area contributed by atoms with E-state index in [1.807, 2.05) is 30.3 Å². The van der Waals surface area contributed by atoms with Gasteiger partial charge in [-0.2, -0.15) is 0 Å². The molecule has 4 nitrogen and oxygen atoms in total. The van der Waals surface area contributed by atoms with E-state index < -0.39 is 17.6 Å². The first-order valence-corrected chi connectivity index (χ1v) is 12.5. The van der Waals surface area contributed by atoms with Gasteiger partial charge < -0.3 is 10.6 Å². The Hall–Kier alpha value is -3.87. The van der Waals surface area contributed by atoms with E-state index in [-0.39, 0.29) is 16.3 Å². The van der Waals surface area contributed by atoms with Crippen molar-refractivity contribution < 1.29 is 14.0 Å². The average Bonchev–Trinajstić information content (AvgIpc) is 2.90. The molecule has 0 fully saturated rings. The Bertz CT molecular complexity index is 1360. The topological polar surface area (TPSA) is 58.2 Å². The molecule has 0 aliphatic carbocycles. The summed E-state index contributed by atoms with van der Waals surface area (Å²) in [6.07, 6.45) is 1.23. The third-order valence-electron chi connectivity index (χ3n) is 5.18. The minimum absolute atomic E-state index is 0.00494.